The van der Waals surface area contributed by atoms with Gasteiger partial charge in [-0.1, -0.05) is 0 Å². The molecule has 110 valence electrons. The van der Waals surface area contributed by atoms with Crippen molar-refractivity contribution < 1.29 is 14.3 Å². The zero-order valence-corrected chi connectivity index (χ0v) is 11.9. The van der Waals surface area contributed by atoms with Gasteiger partial charge in [0.15, 0.2) is 0 Å². The number of carbonyl (C=O) groups is 1. The summed E-state index contributed by atoms with van der Waals surface area (Å²) in [6.45, 7) is 4.74. The Balaban J connectivity index is 2.09. The normalized spacial score (nSPS) is 17.9. The van der Waals surface area contributed by atoms with Crippen molar-refractivity contribution in [1.82, 2.24) is 5.32 Å². The Morgan fingerprint density at radius 2 is 2.10 bits per heavy atom. The minimum absolute atomic E-state index is 0.00472. The van der Waals surface area contributed by atoms with Crippen LogP contribution in [0, 0.1) is 5.82 Å². The zero-order valence-electron chi connectivity index (χ0n) is 11.9. The molecule has 1 amide bonds. The Bertz CT molecular complexity index is 483. The highest BCUT2D eigenvalue weighted by atomic mass is 19.1. The molecule has 4 nitrogen and oxygen atoms in total. The van der Waals surface area contributed by atoms with Crippen LogP contribution in [0.1, 0.15) is 38.4 Å². The third kappa shape index (κ3) is 3.48. The average molecular weight is 280 g/mol. The predicted octanol–water partition coefficient (Wildman–Crippen LogP) is 1.98. The van der Waals surface area contributed by atoms with Gasteiger partial charge in [0.2, 0.25) is 5.91 Å². The molecule has 0 aliphatic carbocycles. The highest BCUT2D eigenvalue weighted by Gasteiger charge is 2.22. The molecule has 0 aromatic heterocycles. The fourth-order valence-electron chi connectivity index (χ4n) is 2.70. The lowest BCUT2D eigenvalue weighted by molar-refractivity contribution is -0.119. The van der Waals surface area contributed by atoms with Gasteiger partial charge < -0.3 is 15.3 Å². The quantitative estimate of drug-likeness (QED) is 0.890. The molecular formula is C15H21FN2O2. The molecule has 1 aliphatic rings. The van der Waals surface area contributed by atoms with Crippen molar-refractivity contribution in [3.63, 3.8) is 0 Å². The SMILES string of the molecule is CC(=O)NC1CCN(c2ccc(F)cc2C(C)O)CC1. The number of nitrogens with zero attached hydrogens (tertiary/aromatic N) is 1. The first kappa shape index (κ1) is 14.8. The number of aliphatic hydroxyl groups excluding tert-OH is 1. The molecule has 1 aliphatic heterocycles. The molecule has 0 saturated carbocycles. The number of amides is 1. The van der Waals surface area contributed by atoms with Gasteiger partial charge in [0.1, 0.15) is 5.82 Å². The van der Waals surface area contributed by atoms with Crippen LogP contribution >= 0.6 is 0 Å². The summed E-state index contributed by atoms with van der Waals surface area (Å²) in [5, 5.41) is 12.7. The van der Waals surface area contributed by atoms with E-state index in [9.17, 15) is 14.3 Å². The molecule has 5 heteroatoms. The fraction of sp³-hybridized carbons (Fsp3) is 0.533. The zero-order chi connectivity index (χ0) is 14.7. The van der Waals surface area contributed by atoms with Crippen LogP contribution < -0.4 is 10.2 Å². The molecular weight excluding hydrogens is 259 g/mol. The van der Waals surface area contributed by atoms with E-state index < -0.39 is 6.10 Å². The van der Waals surface area contributed by atoms with E-state index >= 15 is 0 Å². The number of halogens is 1. The molecule has 0 radical (unpaired) electrons. The lowest BCUT2D eigenvalue weighted by Gasteiger charge is -2.35. The van der Waals surface area contributed by atoms with Gasteiger partial charge in [0.25, 0.3) is 0 Å². The maximum absolute atomic E-state index is 13.3. The van der Waals surface area contributed by atoms with E-state index in [0.717, 1.165) is 31.6 Å². The van der Waals surface area contributed by atoms with Crippen LogP contribution in [0.3, 0.4) is 0 Å². The first-order valence-electron chi connectivity index (χ1n) is 6.97. The number of carbonyl (C=O) groups excluding carboxylic acids is 1. The maximum Gasteiger partial charge on any atom is 0.217 e. The van der Waals surface area contributed by atoms with Gasteiger partial charge in [-0.25, -0.2) is 4.39 Å². The first-order valence-corrected chi connectivity index (χ1v) is 6.97. The van der Waals surface area contributed by atoms with Crippen molar-refractivity contribution in [2.45, 2.75) is 38.8 Å². The van der Waals surface area contributed by atoms with Crippen LogP contribution in [0.25, 0.3) is 0 Å². The fourth-order valence-corrected chi connectivity index (χ4v) is 2.70. The Morgan fingerprint density at radius 3 is 2.65 bits per heavy atom. The number of hydrogen-bond donors (Lipinski definition) is 2. The van der Waals surface area contributed by atoms with Crippen LogP contribution in [0.5, 0.6) is 0 Å². The van der Waals surface area contributed by atoms with Crippen LogP contribution in [0.2, 0.25) is 0 Å². The molecule has 1 aromatic rings. The number of aliphatic hydroxyl groups is 1. The summed E-state index contributed by atoms with van der Waals surface area (Å²) in [4.78, 5) is 13.2. The van der Waals surface area contributed by atoms with E-state index in [1.807, 2.05) is 0 Å². The van der Waals surface area contributed by atoms with Crippen molar-refractivity contribution >= 4 is 11.6 Å². The number of hydrogen-bond acceptors (Lipinski definition) is 3. The summed E-state index contributed by atoms with van der Waals surface area (Å²) in [6, 6.07) is 4.73. The van der Waals surface area contributed by atoms with Crippen LogP contribution in [0.15, 0.2) is 18.2 Å². The summed E-state index contributed by atoms with van der Waals surface area (Å²) in [5.41, 5.74) is 1.49. The van der Waals surface area contributed by atoms with Crippen molar-refractivity contribution in [3.05, 3.63) is 29.6 Å². The summed E-state index contributed by atoms with van der Waals surface area (Å²) in [5.74, 6) is -0.340. The maximum atomic E-state index is 13.3. The molecule has 1 saturated heterocycles. The monoisotopic (exact) mass is 280 g/mol. The van der Waals surface area contributed by atoms with Gasteiger partial charge in [0, 0.05) is 37.3 Å². The molecule has 0 bridgehead atoms. The first-order chi connectivity index (χ1) is 9.47. The molecule has 2 rings (SSSR count). The average Bonchev–Trinajstić information content (AvgIpc) is 2.39. The van der Waals surface area contributed by atoms with Gasteiger partial charge in [-0.05, 0) is 38.0 Å². The standard InChI is InChI=1S/C15H21FN2O2/c1-10(19)14-9-12(16)3-4-15(14)18-7-5-13(6-8-18)17-11(2)20/h3-4,9-10,13,19H,5-8H2,1-2H3,(H,17,20). The van der Waals surface area contributed by atoms with Gasteiger partial charge >= 0.3 is 0 Å². The topological polar surface area (TPSA) is 52.6 Å². The van der Waals surface area contributed by atoms with Gasteiger partial charge in [-0.3, -0.25) is 4.79 Å². The third-order valence-corrected chi connectivity index (χ3v) is 3.68. The summed E-state index contributed by atoms with van der Waals surface area (Å²) in [6.07, 6.45) is 1.01. The van der Waals surface area contributed by atoms with E-state index in [1.54, 1.807) is 13.0 Å². The number of rotatable bonds is 3. The highest BCUT2D eigenvalue weighted by molar-refractivity contribution is 5.73. The minimum atomic E-state index is -0.700. The Labute approximate surface area is 118 Å². The minimum Gasteiger partial charge on any atom is -0.389 e. The van der Waals surface area contributed by atoms with Crippen LogP contribution in [-0.2, 0) is 4.79 Å². The van der Waals surface area contributed by atoms with Crippen molar-refractivity contribution in [3.8, 4) is 0 Å². The summed E-state index contributed by atoms with van der Waals surface area (Å²) in [7, 11) is 0. The Hall–Kier alpha value is -1.62. The smallest absolute Gasteiger partial charge is 0.217 e. The van der Waals surface area contributed by atoms with E-state index in [-0.39, 0.29) is 17.8 Å². The summed E-state index contributed by atoms with van der Waals surface area (Å²) < 4.78 is 13.3. The second-order valence-electron chi connectivity index (χ2n) is 5.34. The molecule has 1 unspecified atom stereocenters. The largest absolute Gasteiger partial charge is 0.389 e. The van der Waals surface area contributed by atoms with E-state index in [4.69, 9.17) is 0 Å². The molecule has 1 heterocycles. The second-order valence-corrected chi connectivity index (χ2v) is 5.34. The highest BCUT2D eigenvalue weighted by Crippen LogP contribution is 2.29. The predicted molar refractivity (Wildman–Crippen MR) is 76.1 cm³/mol. The number of anilines is 1. The van der Waals surface area contributed by atoms with Crippen molar-refractivity contribution in [2.24, 2.45) is 0 Å². The lowest BCUT2D eigenvalue weighted by Crippen LogP contribution is -2.44. The molecule has 2 N–H and O–H groups in total. The van der Waals surface area contributed by atoms with Crippen LogP contribution in [0.4, 0.5) is 10.1 Å². The van der Waals surface area contributed by atoms with Gasteiger partial charge in [-0.2, -0.15) is 0 Å². The van der Waals surface area contributed by atoms with Crippen molar-refractivity contribution in [1.29, 1.82) is 0 Å². The third-order valence-electron chi connectivity index (χ3n) is 3.68. The van der Waals surface area contributed by atoms with E-state index in [0.29, 0.717) is 5.56 Å². The number of benzene rings is 1. The molecule has 1 aromatic carbocycles. The molecule has 1 atom stereocenters. The van der Waals surface area contributed by atoms with E-state index in [2.05, 4.69) is 10.2 Å². The Kier molecular flexibility index (Phi) is 4.60. The number of piperidine rings is 1. The van der Waals surface area contributed by atoms with Gasteiger partial charge in [-0.15, -0.1) is 0 Å². The lowest BCUT2D eigenvalue weighted by atomic mass is 10.0. The number of nitrogens with one attached hydrogen (secondary N) is 1. The molecule has 0 spiro atoms. The Morgan fingerprint density at radius 1 is 1.45 bits per heavy atom. The second kappa shape index (κ2) is 6.22. The molecule has 20 heavy (non-hydrogen) atoms. The summed E-state index contributed by atoms with van der Waals surface area (Å²) >= 11 is 0. The molecule has 1 fully saturated rings. The van der Waals surface area contributed by atoms with Crippen molar-refractivity contribution in [2.75, 3.05) is 18.0 Å². The van der Waals surface area contributed by atoms with Gasteiger partial charge in [0.05, 0.1) is 6.10 Å². The van der Waals surface area contributed by atoms with Crippen LogP contribution in [-0.4, -0.2) is 30.1 Å². The van der Waals surface area contributed by atoms with E-state index in [1.165, 1.54) is 19.1 Å².